The first-order valence-electron chi connectivity index (χ1n) is 5.65. The van der Waals surface area contributed by atoms with E-state index < -0.39 is 11.7 Å². The van der Waals surface area contributed by atoms with Crippen molar-refractivity contribution >= 4 is 23.2 Å². The summed E-state index contributed by atoms with van der Waals surface area (Å²) in [6, 6.07) is 6.76. The van der Waals surface area contributed by atoms with Crippen LogP contribution in [-0.4, -0.2) is 10.5 Å². The average molecular weight is 296 g/mol. The highest BCUT2D eigenvalue weighted by molar-refractivity contribution is 6.33. The number of hydrazine groups is 1. The fourth-order valence-electron chi connectivity index (χ4n) is 1.54. The first kappa shape index (κ1) is 14.1. The maximum Gasteiger partial charge on any atom is 0.272 e. The van der Waals surface area contributed by atoms with Crippen molar-refractivity contribution in [3.05, 3.63) is 63.3 Å². The summed E-state index contributed by atoms with van der Waals surface area (Å²) in [7, 11) is 1.51. The molecule has 0 aliphatic rings. The summed E-state index contributed by atoms with van der Waals surface area (Å²) in [5.74, 6) is -0.959. The van der Waals surface area contributed by atoms with Crippen molar-refractivity contribution < 1.29 is 9.18 Å². The SMILES string of the molecule is Cn1cc(C(=O)NNc2cccc(F)c2)c(Cl)cc1=O. The third-order valence-corrected chi connectivity index (χ3v) is 2.88. The van der Waals surface area contributed by atoms with Crippen LogP contribution in [0.3, 0.4) is 0 Å². The van der Waals surface area contributed by atoms with E-state index in [2.05, 4.69) is 10.9 Å². The van der Waals surface area contributed by atoms with E-state index in [9.17, 15) is 14.0 Å². The Bertz CT molecular complexity index is 715. The highest BCUT2D eigenvalue weighted by Crippen LogP contribution is 2.13. The van der Waals surface area contributed by atoms with Gasteiger partial charge in [-0.2, -0.15) is 0 Å². The summed E-state index contributed by atoms with van der Waals surface area (Å²) in [5, 5.41) is 0.0478. The van der Waals surface area contributed by atoms with Crippen LogP contribution in [-0.2, 0) is 7.05 Å². The Hall–Kier alpha value is -2.34. The quantitative estimate of drug-likeness (QED) is 0.851. The van der Waals surface area contributed by atoms with E-state index in [1.807, 2.05) is 0 Å². The third kappa shape index (κ3) is 3.16. The predicted molar refractivity (Wildman–Crippen MR) is 74.2 cm³/mol. The number of hydrogen-bond donors (Lipinski definition) is 2. The molecule has 7 heteroatoms. The van der Waals surface area contributed by atoms with Crippen LogP contribution in [0.4, 0.5) is 10.1 Å². The maximum atomic E-state index is 13.0. The average Bonchev–Trinajstić information content (AvgIpc) is 2.40. The zero-order chi connectivity index (χ0) is 14.7. The minimum absolute atomic E-state index is 0.0478. The molecule has 2 N–H and O–H groups in total. The molecule has 0 bridgehead atoms. The molecule has 0 spiro atoms. The number of halogens is 2. The second-order valence-electron chi connectivity index (χ2n) is 4.07. The van der Waals surface area contributed by atoms with Crippen LogP contribution in [0.25, 0.3) is 0 Å². The molecule has 0 saturated heterocycles. The number of nitrogens with one attached hydrogen (secondary N) is 2. The molecule has 0 atom stereocenters. The van der Waals surface area contributed by atoms with Gasteiger partial charge in [0.2, 0.25) is 0 Å². The lowest BCUT2D eigenvalue weighted by atomic mass is 10.2. The molecule has 104 valence electrons. The van der Waals surface area contributed by atoms with Gasteiger partial charge >= 0.3 is 0 Å². The number of aromatic nitrogens is 1. The molecule has 0 radical (unpaired) electrons. The highest BCUT2D eigenvalue weighted by Gasteiger charge is 2.11. The Morgan fingerprint density at radius 2 is 2.10 bits per heavy atom. The van der Waals surface area contributed by atoms with Gasteiger partial charge in [0.25, 0.3) is 11.5 Å². The molecule has 1 amide bonds. The Labute approximate surface area is 119 Å². The number of pyridine rings is 1. The molecule has 1 aromatic carbocycles. The summed E-state index contributed by atoms with van der Waals surface area (Å²) < 4.78 is 14.2. The topological polar surface area (TPSA) is 63.1 Å². The molecular formula is C13H11ClFN3O2. The molecule has 0 aliphatic carbocycles. The lowest BCUT2D eigenvalue weighted by Gasteiger charge is -2.10. The molecule has 0 saturated carbocycles. The minimum atomic E-state index is -0.533. The molecule has 20 heavy (non-hydrogen) atoms. The van der Waals surface area contributed by atoms with Gasteiger partial charge in [-0.15, -0.1) is 0 Å². The van der Waals surface area contributed by atoms with Crippen molar-refractivity contribution in [3.63, 3.8) is 0 Å². The number of carbonyl (C=O) groups excluding carboxylic acids is 1. The molecule has 2 aromatic rings. The summed E-state index contributed by atoms with van der Waals surface area (Å²) in [4.78, 5) is 23.2. The van der Waals surface area contributed by atoms with Crippen LogP contribution in [0.5, 0.6) is 0 Å². The molecule has 0 unspecified atom stereocenters. The second-order valence-corrected chi connectivity index (χ2v) is 4.48. The smallest absolute Gasteiger partial charge is 0.272 e. The zero-order valence-electron chi connectivity index (χ0n) is 10.5. The highest BCUT2D eigenvalue weighted by atomic mass is 35.5. The van der Waals surface area contributed by atoms with Crippen LogP contribution in [0.1, 0.15) is 10.4 Å². The van der Waals surface area contributed by atoms with Gasteiger partial charge in [-0.25, -0.2) is 4.39 Å². The monoisotopic (exact) mass is 295 g/mol. The van der Waals surface area contributed by atoms with Crippen molar-refractivity contribution in [2.75, 3.05) is 5.43 Å². The zero-order valence-corrected chi connectivity index (χ0v) is 11.2. The van der Waals surface area contributed by atoms with Crippen molar-refractivity contribution in [3.8, 4) is 0 Å². The number of carbonyl (C=O) groups is 1. The maximum absolute atomic E-state index is 13.0. The summed E-state index contributed by atoms with van der Waals surface area (Å²) in [5.41, 5.74) is 5.14. The standard InChI is InChI=1S/C13H11ClFN3O2/c1-18-7-10(11(14)6-12(18)19)13(20)17-16-9-4-2-3-8(15)5-9/h2-7,16H,1H3,(H,17,20). The number of rotatable bonds is 3. The minimum Gasteiger partial charge on any atom is -0.318 e. The van der Waals surface area contributed by atoms with E-state index in [0.717, 1.165) is 6.07 Å². The molecule has 0 fully saturated rings. The van der Waals surface area contributed by atoms with Gasteiger partial charge in [-0.1, -0.05) is 17.7 Å². The summed E-state index contributed by atoms with van der Waals surface area (Å²) in [6.07, 6.45) is 1.33. The summed E-state index contributed by atoms with van der Waals surface area (Å²) in [6.45, 7) is 0. The van der Waals surface area contributed by atoms with E-state index in [0.29, 0.717) is 5.69 Å². The Morgan fingerprint density at radius 1 is 1.35 bits per heavy atom. The summed E-state index contributed by atoms with van der Waals surface area (Å²) >= 11 is 5.84. The Kier molecular flexibility index (Phi) is 4.05. The first-order valence-corrected chi connectivity index (χ1v) is 6.03. The van der Waals surface area contributed by atoms with Crippen LogP contribution in [0.2, 0.25) is 5.02 Å². The van der Waals surface area contributed by atoms with Gasteiger partial charge in [0.05, 0.1) is 16.3 Å². The normalized spacial score (nSPS) is 10.2. The van der Waals surface area contributed by atoms with E-state index in [-0.39, 0.29) is 16.1 Å². The molecule has 2 rings (SSSR count). The van der Waals surface area contributed by atoms with Gasteiger partial charge in [-0.3, -0.25) is 20.4 Å². The van der Waals surface area contributed by atoms with E-state index in [4.69, 9.17) is 11.6 Å². The third-order valence-electron chi connectivity index (χ3n) is 2.57. The number of amides is 1. The lowest BCUT2D eigenvalue weighted by molar-refractivity contribution is 0.0962. The Balaban J connectivity index is 2.13. The van der Waals surface area contributed by atoms with Crippen molar-refractivity contribution in [1.82, 2.24) is 9.99 Å². The van der Waals surface area contributed by atoms with Crippen molar-refractivity contribution in [1.29, 1.82) is 0 Å². The van der Waals surface area contributed by atoms with Crippen molar-refractivity contribution in [2.24, 2.45) is 7.05 Å². The molecular weight excluding hydrogens is 285 g/mol. The number of benzene rings is 1. The fraction of sp³-hybridized carbons (Fsp3) is 0.0769. The van der Waals surface area contributed by atoms with E-state index in [1.54, 1.807) is 6.07 Å². The van der Waals surface area contributed by atoms with E-state index >= 15 is 0 Å². The fourth-order valence-corrected chi connectivity index (χ4v) is 1.76. The van der Waals surface area contributed by atoms with Gasteiger partial charge in [0, 0.05) is 19.3 Å². The number of aryl methyl sites for hydroxylation is 1. The Morgan fingerprint density at radius 3 is 2.80 bits per heavy atom. The van der Waals surface area contributed by atoms with Gasteiger partial charge in [-0.05, 0) is 18.2 Å². The van der Waals surface area contributed by atoms with Gasteiger partial charge < -0.3 is 4.57 Å². The van der Waals surface area contributed by atoms with E-state index in [1.165, 1.54) is 36.0 Å². The number of anilines is 1. The van der Waals surface area contributed by atoms with Crippen LogP contribution >= 0.6 is 11.6 Å². The second kappa shape index (κ2) is 5.75. The van der Waals surface area contributed by atoms with Crippen molar-refractivity contribution in [2.45, 2.75) is 0 Å². The number of hydrogen-bond acceptors (Lipinski definition) is 3. The molecule has 5 nitrogen and oxygen atoms in total. The largest absolute Gasteiger partial charge is 0.318 e. The van der Waals surface area contributed by atoms with Gasteiger partial charge in [0.15, 0.2) is 0 Å². The van der Waals surface area contributed by atoms with Crippen LogP contribution < -0.4 is 16.4 Å². The number of nitrogens with zero attached hydrogens (tertiary/aromatic N) is 1. The lowest BCUT2D eigenvalue weighted by Crippen LogP contribution is -2.31. The predicted octanol–water partition coefficient (Wildman–Crippen LogP) is 1.93. The molecule has 1 heterocycles. The van der Waals surface area contributed by atoms with Gasteiger partial charge in [0.1, 0.15) is 5.82 Å². The molecule has 0 aliphatic heterocycles. The van der Waals surface area contributed by atoms with Crippen LogP contribution in [0.15, 0.2) is 41.3 Å². The molecule has 1 aromatic heterocycles. The van der Waals surface area contributed by atoms with Crippen LogP contribution in [0, 0.1) is 5.82 Å². The first-order chi connectivity index (χ1) is 9.47.